The molecule has 0 fully saturated rings. The summed E-state index contributed by atoms with van der Waals surface area (Å²) in [5, 5.41) is 13.7. The fraction of sp³-hybridized carbons (Fsp3) is 0.200. The number of benzene rings is 1. The van der Waals surface area contributed by atoms with Crippen molar-refractivity contribution in [3.8, 4) is 17.1 Å². The lowest BCUT2D eigenvalue weighted by molar-refractivity contribution is 0.471. The summed E-state index contributed by atoms with van der Waals surface area (Å²) in [6, 6.07) is 5.24. The molecule has 15 heavy (non-hydrogen) atoms. The van der Waals surface area contributed by atoms with Gasteiger partial charge in [-0.05, 0) is 13.0 Å². The molecule has 0 atom stereocenters. The Balaban J connectivity index is 2.59. The molecule has 1 aromatic heterocycles. The Morgan fingerprint density at radius 2 is 2.13 bits per heavy atom. The van der Waals surface area contributed by atoms with E-state index in [0.717, 1.165) is 11.1 Å². The smallest absolute Gasteiger partial charge is 0.218 e. The molecule has 0 aliphatic heterocycles. The van der Waals surface area contributed by atoms with Gasteiger partial charge in [0.15, 0.2) is 5.82 Å². The minimum absolute atomic E-state index is 0.235. The molecule has 3 N–H and O–H groups in total. The number of hydrogen-bond acceptors (Lipinski definition) is 4. The van der Waals surface area contributed by atoms with Crippen molar-refractivity contribution >= 4 is 5.95 Å². The molecule has 5 nitrogen and oxygen atoms in total. The average Bonchev–Trinajstić information content (AvgIpc) is 2.51. The fourth-order valence-corrected chi connectivity index (χ4v) is 1.38. The summed E-state index contributed by atoms with van der Waals surface area (Å²) in [5.41, 5.74) is 7.14. The molecular formula is C10H12N4O. The number of hydrogen-bond donors (Lipinski definition) is 2. The fourth-order valence-electron chi connectivity index (χ4n) is 1.38. The predicted molar refractivity (Wildman–Crippen MR) is 57.3 cm³/mol. The molecule has 0 aliphatic carbocycles. The highest BCUT2D eigenvalue weighted by Gasteiger charge is 2.10. The number of phenols is 1. The summed E-state index contributed by atoms with van der Waals surface area (Å²) < 4.78 is 1.50. The standard InChI is InChI=1S/C10H12N4O/c1-6-7(4-3-5-8(6)15)9-12-10(11)14(2)13-9/h3-5,15H,1-2H3,(H2,11,12,13). The van der Waals surface area contributed by atoms with Crippen LogP contribution in [0.3, 0.4) is 0 Å². The number of aryl methyl sites for hydroxylation is 1. The molecule has 0 saturated heterocycles. The third-order valence-corrected chi connectivity index (χ3v) is 2.34. The van der Waals surface area contributed by atoms with Gasteiger partial charge in [-0.2, -0.15) is 4.98 Å². The van der Waals surface area contributed by atoms with E-state index in [-0.39, 0.29) is 5.75 Å². The Morgan fingerprint density at radius 3 is 2.73 bits per heavy atom. The third kappa shape index (κ3) is 1.52. The maximum absolute atomic E-state index is 9.54. The Labute approximate surface area is 87.2 Å². The van der Waals surface area contributed by atoms with Crippen molar-refractivity contribution in [1.82, 2.24) is 14.8 Å². The van der Waals surface area contributed by atoms with Crippen LogP contribution in [0.5, 0.6) is 5.75 Å². The van der Waals surface area contributed by atoms with Crippen molar-refractivity contribution in [1.29, 1.82) is 0 Å². The molecule has 78 valence electrons. The van der Waals surface area contributed by atoms with Gasteiger partial charge in [0.25, 0.3) is 0 Å². The molecular weight excluding hydrogens is 192 g/mol. The van der Waals surface area contributed by atoms with Crippen molar-refractivity contribution in [3.05, 3.63) is 23.8 Å². The lowest BCUT2D eigenvalue weighted by Gasteiger charge is -2.02. The van der Waals surface area contributed by atoms with Crippen molar-refractivity contribution in [2.75, 3.05) is 5.73 Å². The van der Waals surface area contributed by atoms with Crippen LogP contribution in [0.1, 0.15) is 5.56 Å². The number of nitrogen functional groups attached to an aromatic ring is 1. The number of phenolic OH excluding ortho intramolecular Hbond substituents is 1. The minimum atomic E-state index is 0.235. The molecule has 0 bridgehead atoms. The van der Waals surface area contributed by atoms with Crippen LogP contribution in [0.2, 0.25) is 0 Å². The first-order valence-electron chi connectivity index (χ1n) is 4.55. The first kappa shape index (κ1) is 9.51. The number of rotatable bonds is 1. The van der Waals surface area contributed by atoms with Crippen molar-refractivity contribution < 1.29 is 5.11 Å². The Hall–Kier alpha value is -2.04. The number of aromatic hydroxyl groups is 1. The van der Waals surface area contributed by atoms with E-state index < -0.39 is 0 Å². The van der Waals surface area contributed by atoms with Gasteiger partial charge in [0.1, 0.15) is 5.75 Å². The molecule has 5 heteroatoms. The van der Waals surface area contributed by atoms with Crippen LogP contribution >= 0.6 is 0 Å². The summed E-state index contributed by atoms with van der Waals surface area (Å²) in [6.45, 7) is 1.82. The van der Waals surface area contributed by atoms with E-state index in [2.05, 4.69) is 10.1 Å². The lowest BCUT2D eigenvalue weighted by atomic mass is 10.1. The van der Waals surface area contributed by atoms with Crippen LogP contribution in [0.4, 0.5) is 5.95 Å². The van der Waals surface area contributed by atoms with E-state index >= 15 is 0 Å². The van der Waals surface area contributed by atoms with Gasteiger partial charge in [0.05, 0.1) is 0 Å². The molecule has 2 aromatic rings. The van der Waals surface area contributed by atoms with Gasteiger partial charge in [-0.3, -0.25) is 0 Å². The van der Waals surface area contributed by atoms with Crippen molar-refractivity contribution in [3.63, 3.8) is 0 Å². The van der Waals surface area contributed by atoms with E-state index in [1.54, 1.807) is 19.2 Å². The highest BCUT2D eigenvalue weighted by atomic mass is 16.3. The van der Waals surface area contributed by atoms with Crippen molar-refractivity contribution in [2.24, 2.45) is 7.05 Å². The Morgan fingerprint density at radius 1 is 1.40 bits per heavy atom. The lowest BCUT2D eigenvalue weighted by Crippen LogP contribution is -1.97. The highest BCUT2D eigenvalue weighted by molar-refractivity contribution is 5.63. The number of aromatic nitrogens is 3. The average molecular weight is 204 g/mol. The predicted octanol–water partition coefficient (Wildman–Crippen LogP) is 1.08. The molecule has 1 aromatic carbocycles. The van der Waals surface area contributed by atoms with Crippen LogP contribution in [0.25, 0.3) is 11.4 Å². The van der Waals surface area contributed by atoms with Gasteiger partial charge in [-0.1, -0.05) is 12.1 Å². The van der Waals surface area contributed by atoms with E-state index in [4.69, 9.17) is 5.73 Å². The van der Waals surface area contributed by atoms with Gasteiger partial charge in [0.2, 0.25) is 5.95 Å². The number of nitrogens with zero attached hydrogens (tertiary/aromatic N) is 3. The Kier molecular flexibility index (Phi) is 2.07. The topological polar surface area (TPSA) is 77.0 Å². The molecule has 0 amide bonds. The van der Waals surface area contributed by atoms with E-state index in [9.17, 15) is 5.11 Å². The zero-order valence-corrected chi connectivity index (χ0v) is 8.60. The van der Waals surface area contributed by atoms with Gasteiger partial charge in [0, 0.05) is 18.2 Å². The third-order valence-electron chi connectivity index (χ3n) is 2.34. The minimum Gasteiger partial charge on any atom is -0.508 e. The number of nitrogens with two attached hydrogens (primary N) is 1. The number of anilines is 1. The van der Waals surface area contributed by atoms with E-state index in [1.807, 2.05) is 13.0 Å². The highest BCUT2D eigenvalue weighted by Crippen LogP contribution is 2.26. The second-order valence-corrected chi connectivity index (χ2v) is 3.37. The van der Waals surface area contributed by atoms with Gasteiger partial charge in [-0.25, -0.2) is 4.68 Å². The van der Waals surface area contributed by atoms with Crippen LogP contribution in [-0.2, 0) is 7.05 Å². The molecule has 2 rings (SSSR count). The summed E-state index contributed by atoms with van der Waals surface area (Å²) in [4.78, 5) is 4.10. The van der Waals surface area contributed by atoms with E-state index in [0.29, 0.717) is 11.8 Å². The SMILES string of the molecule is Cc1c(O)cccc1-c1nc(N)n(C)n1. The Bertz CT molecular complexity index is 485. The summed E-state index contributed by atoms with van der Waals surface area (Å²) in [6.07, 6.45) is 0. The second kappa shape index (κ2) is 3.27. The first-order chi connectivity index (χ1) is 7.09. The molecule has 0 unspecified atom stereocenters. The maximum atomic E-state index is 9.54. The normalized spacial score (nSPS) is 10.5. The van der Waals surface area contributed by atoms with Gasteiger partial charge < -0.3 is 10.8 Å². The molecule has 0 spiro atoms. The zero-order chi connectivity index (χ0) is 11.0. The second-order valence-electron chi connectivity index (χ2n) is 3.37. The van der Waals surface area contributed by atoms with Crippen LogP contribution in [0, 0.1) is 6.92 Å². The van der Waals surface area contributed by atoms with E-state index in [1.165, 1.54) is 4.68 Å². The van der Waals surface area contributed by atoms with Gasteiger partial charge >= 0.3 is 0 Å². The van der Waals surface area contributed by atoms with Crippen LogP contribution in [0.15, 0.2) is 18.2 Å². The molecule has 0 aliphatic rings. The summed E-state index contributed by atoms with van der Waals surface area (Å²) in [7, 11) is 1.73. The van der Waals surface area contributed by atoms with Crippen LogP contribution in [-0.4, -0.2) is 19.9 Å². The quantitative estimate of drug-likeness (QED) is 0.728. The largest absolute Gasteiger partial charge is 0.508 e. The first-order valence-corrected chi connectivity index (χ1v) is 4.55. The maximum Gasteiger partial charge on any atom is 0.218 e. The monoisotopic (exact) mass is 204 g/mol. The molecule has 0 radical (unpaired) electrons. The molecule has 1 heterocycles. The van der Waals surface area contributed by atoms with Crippen molar-refractivity contribution in [2.45, 2.75) is 6.92 Å². The zero-order valence-electron chi connectivity index (χ0n) is 8.60. The summed E-state index contributed by atoms with van der Waals surface area (Å²) >= 11 is 0. The molecule has 0 saturated carbocycles. The summed E-state index contributed by atoms with van der Waals surface area (Å²) in [5.74, 6) is 1.12. The van der Waals surface area contributed by atoms with Crippen LogP contribution < -0.4 is 5.73 Å². The van der Waals surface area contributed by atoms with Gasteiger partial charge in [-0.15, -0.1) is 5.10 Å².